The lowest BCUT2D eigenvalue weighted by Gasteiger charge is -2.49. The Labute approximate surface area is 236 Å². The molecule has 1 saturated heterocycles. The number of hydrogen-bond acceptors (Lipinski definition) is 14. The first-order valence-corrected chi connectivity index (χ1v) is 14.1. The largest absolute Gasteiger partial charge is 0.477 e. The molecule has 19 heteroatoms. The van der Waals surface area contributed by atoms with Gasteiger partial charge in [-0.2, -0.15) is 4.52 Å². The minimum Gasteiger partial charge on any atom is -0.477 e. The van der Waals surface area contributed by atoms with Crippen molar-refractivity contribution >= 4 is 75.1 Å². The van der Waals surface area contributed by atoms with Crippen molar-refractivity contribution in [3.05, 3.63) is 39.9 Å². The number of nitrogens with zero attached hydrogens (tertiary/aromatic N) is 7. The van der Waals surface area contributed by atoms with Gasteiger partial charge in [0.1, 0.15) is 29.9 Å². The molecule has 40 heavy (non-hydrogen) atoms. The number of carboxylic acid groups (broad SMARTS) is 2. The van der Waals surface area contributed by atoms with Crippen LogP contribution in [0.3, 0.4) is 0 Å². The molecular weight excluding hydrogens is 586 g/mol. The molecule has 208 valence electrons. The summed E-state index contributed by atoms with van der Waals surface area (Å²) in [5, 5.41) is 30.9. The van der Waals surface area contributed by atoms with Gasteiger partial charge >= 0.3 is 11.9 Å². The van der Waals surface area contributed by atoms with E-state index in [1.807, 2.05) is 0 Å². The quantitative estimate of drug-likeness (QED) is 0.0831. The predicted octanol–water partition coefficient (Wildman–Crippen LogP) is 0.0510. The molecule has 0 aliphatic carbocycles. The maximum Gasteiger partial charge on any atom is 0.375 e. The van der Waals surface area contributed by atoms with Crippen LogP contribution in [-0.4, -0.2) is 99.2 Å². The Kier molecular flexibility index (Phi) is 7.34. The van der Waals surface area contributed by atoms with Crippen LogP contribution in [0.25, 0.3) is 5.65 Å². The number of aromatic carboxylic acids is 1. The number of carbonyl (C=O) groups is 4. The number of rotatable bonds is 9. The zero-order chi connectivity index (χ0) is 28.7. The van der Waals surface area contributed by atoms with Crippen molar-refractivity contribution in [1.82, 2.24) is 34.8 Å². The first kappa shape index (κ1) is 27.3. The van der Waals surface area contributed by atoms with Crippen LogP contribution >= 0.6 is 34.9 Å². The van der Waals surface area contributed by atoms with Crippen LogP contribution in [0.1, 0.15) is 22.0 Å². The average molecular weight is 606 g/mol. The van der Waals surface area contributed by atoms with Crippen molar-refractivity contribution < 1.29 is 34.2 Å². The molecule has 5 heterocycles. The number of thioether (sulfide) groups is 2. The third-order valence-corrected chi connectivity index (χ3v) is 8.72. The molecule has 5 rings (SSSR count). The van der Waals surface area contributed by atoms with Crippen LogP contribution < -0.4 is 11.1 Å². The van der Waals surface area contributed by atoms with Gasteiger partial charge in [-0.25, -0.2) is 24.5 Å². The molecule has 0 spiro atoms. The number of nitrogens with one attached hydrogen (secondary N) is 1. The second kappa shape index (κ2) is 10.7. The van der Waals surface area contributed by atoms with Crippen LogP contribution in [0.4, 0.5) is 5.13 Å². The number of nitrogen functional groups attached to an aromatic ring is 1. The fourth-order valence-corrected chi connectivity index (χ4v) is 7.04. The summed E-state index contributed by atoms with van der Waals surface area (Å²) < 4.78 is 1.27. The van der Waals surface area contributed by atoms with E-state index >= 15 is 0 Å². The van der Waals surface area contributed by atoms with Gasteiger partial charge in [-0.15, -0.1) is 28.2 Å². The fourth-order valence-electron chi connectivity index (χ4n) is 4.01. The highest BCUT2D eigenvalue weighted by Gasteiger charge is 2.54. The zero-order valence-electron chi connectivity index (χ0n) is 20.6. The Morgan fingerprint density at radius 3 is 2.70 bits per heavy atom. The number of amides is 2. The number of anilines is 1. The summed E-state index contributed by atoms with van der Waals surface area (Å²) in [6, 6.07) is 0.577. The van der Waals surface area contributed by atoms with E-state index in [2.05, 4.69) is 30.5 Å². The van der Waals surface area contributed by atoms with E-state index in [1.165, 1.54) is 28.8 Å². The molecule has 0 unspecified atom stereocenters. The van der Waals surface area contributed by atoms with Gasteiger partial charge in [-0.1, -0.05) is 16.9 Å². The lowest BCUT2D eigenvalue weighted by atomic mass is 10.0. The van der Waals surface area contributed by atoms with Crippen molar-refractivity contribution in [2.75, 3.05) is 24.3 Å². The van der Waals surface area contributed by atoms with Gasteiger partial charge in [-0.3, -0.25) is 14.5 Å². The molecular formula is C21H19N9O7S3. The van der Waals surface area contributed by atoms with E-state index in [0.717, 1.165) is 28.0 Å². The Bertz CT molecular complexity index is 1630. The smallest absolute Gasteiger partial charge is 0.375 e. The minimum absolute atomic E-state index is 0.131. The average Bonchev–Trinajstić information content (AvgIpc) is 3.54. The standard InChI is InChI=1S/C21H19N9O7S3/c1-7-3-10-25-14(19(35)36)27-30(10)21(23-7)40-5-8-4-38-17-12(16(32)29(17)13(8)18(33)34)26-15(31)11(28-37-2)9-6-39-20(22)24-9/h3,6,12,17H,4-5H2,1-2H3,(H2,22,24)(H,26,31)(H,33,34)(H,35,36)/t12-,17-/m1/s1. The van der Waals surface area contributed by atoms with Crippen molar-refractivity contribution in [2.24, 2.45) is 5.16 Å². The number of nitrogens with two attached hydrogens (primary N) is 1. The molecule has 0 aromatic carbocycles. The van der Waals surface area contributed by atoms with Crippen LogP contribution in [0.5, 0.6) is 0 Å². The number of carbonyl (C=O) groups excluding carboxylic acids is 2. The van der Waals surface area contributed by atoms with Crippen molar-refractivity contribution in [2.45, 2.75) is 23.5 Å². The number of β-lactam (4-membered cyclic amide) rings is 1. The van der Waals surface area contributed by atoms with E-state index in [-0.39, 0.29) is 39.4 Å². The Hall–Kier alpha value is -4.23. The summed E-state index contributed by atoms with van der Waals surface area (Å²) in [4.78, 5) is 67.8. The number of aryl methyl sites for hydroxylation is 1. The first-order chi connectivity index (χ1) is 19.1. The third kappa shape index (κ3) is 4.93. The maximum absolute atomic E-state index is 13.1. The van der Waals surface area contributed by atoms with Gasteiger partial charge in [0.25, 0.3) is 17.6 Å². The lowest BCUT2D eigenvalue weighted by Crippen LogP contribution is -2.71. The van der Waals surface area contributed by atoms with E-state index < -0.39 is 41.0 Å². The number of hydrogen-bond donors (Lipinski definition) is 4. The van der Waals surface area contributed by atoms with E-state index in [1.54, 1.807) is 13.0 Å². The number of oxime groups is 1. The second-order valence-corrected chi connectivity index (χ2v) is 11.2. The van der Waals surface area contributed by atoms with Gasteiger partial charge in [0.05, 0.1) is 0 Å². The molecule has 2 aliphatic heterocycles. The highest BCUT2D eigenvalue weighted by molar-refractivity contribution is 8.01. The normalized spacial score (nSPS) is 18.9. The molecule has 16 nitrogen and oxygen atoms in total. The third-order valence-electron chi connectivity index (χ3n) is 5.69. The summed E-state index contributed by atoms with van der Waals surface area (Å²) in [5.41, 5.74) is 6.76. The Balaban J connectivity index is 1.35. The monoisotopic (exact) mass is 605 g/mol. The lowest BCUT2D eigenvalue weighted by molar-refractivity contribution is -0.150. The van der Waals surface area contributed by atoms with Gasteiger partial charge < -0.3 is 26.1 Å². The Morgan fingerprint density at radius 1 is 1.27 bits per heavy atom. The SMILES string of the molecule is CON=C(C(=O)N[C@@H]1C(=O)N2C(C(=O)O)=C(CSc3nc(C)cc4nc(C(=O)O)nn34)CS[C@H]12)c1csc(N)n1. The zero-order valence-corrected chi connectivity index (χ0v) is 23.0. The molecule has 2 atom stereocenters. The molecule has 0 bridgehead atoms. The fraction of sp³-hybridized carbons (Fsp3) is 0.286. The van der Waals surface area contributed by atoms with Crippen LogP contribution in [-0.2, 0) is 19.2 Å². The Morgan fingerprint density at radius 2 is 2.05 bits per heavy atom. The van der Waals surface area contributed by atoms with E-state index in [9.17, 15) is 29.4 Å². The molecule has 2 amide bonds. The molecule has 0 saturated carbocycles. The number of carboxylic acids is 2. The number of fused-ring (bicyclic) bond motifs is 2. The van der Waals surface area contributed by atoms with Gasteiger partial charge in [0, 0.05) is 28.6 Å². The summed E-state index contributed by atoms with van der Waals surface area (Å²) in [6.07, 6.45) is 0. The number of thiazole rings is 1. The highest BCUT2D eigenvalue weighted by Crippen LogP contribution is 2.41. The highest BCUT2D eigenvalue weighted by atomic mass is 32.2. The summed E-state index contributed by atoms with van der Waals surface area (Å²) in [7, 11) is 1.25. The predicted molar refractivity (Wildman–Crippen MR) is 143 cm³/mol. The van der Waals surface area contributed by atoms with Crippen LogP contribution in [0.2, 0.25) is 0 Å². The van der Waals surface area contributed by atoms with E-state index in [0.29, 0.717) is 16.4 Å². The molecule has 2 aliphatic rings. The van der Waals surface area contributed by atoms with Crippen molar-refractivity contribution in [3.8, 4) is 0 Å². The summed E-state index contributed by atoms with van der Waals surface area (Å²) in [6.45, 7) is 1.71. The number of aromatic nitrogens is 5. The van der Waals surface area contributed by atoms with Crippen LogP contribution in [0.15, 0.2) is 33.0 Å². The van der Waals surface area contributed by atoms with Crippen molar-refractivity contribution in [1.29, 1.82) is 0 Å². The van der Waals surface area contributed by atoms with E-state index in [4.69, 9.17) is 10.6 Å². The molecule has 5 N–H and O–H groups in total. The topological polar surface area (TPSA) is 228 Å². The van der Waals surface area contributed by atoms with Gasteiger partial charge in [0.2, 0.25) is 0 Å². The van der Waals surface area contributed by atoms with Gasteiger partial charge in [-0.05, 0) is 12.5 Å². The summed E-state index contributed by atoms with van der Waals surface area (Å²) in [5.74, 6) is -3.93. The van der Waals surface area contributed by atoms with Gasteiger partial charge in [0.15, 0.2) is 21.6 Å². The molecule has 0 radical (unpaired) electrons. The second-order valence-electron chi connectivity index (χ2n) is 8.29. The van der Waals surface area contributed by atoms with Crippen LogP contribution in [0, 0.1) is 6.92 Å². The van der Waals surface area contributed by atoms with Crippen molar-refractivity contribution in [3.63, 3.8) is 0 Å². The maximum atomic E-state index is 13.1. The molecule has 1 fully saturated rings. The molecule has 3 aromatic rings. The number of aliphatic carboxylic acids is 1. The minimum atomic E-state index is -1.30. The molecule has 3 aromatic heterocycles. The summed E-state index contributed by atoms with van der Waals surface area (Å²) >= 11 is 3.53. The first-order valence-electron chi connectivity index (χ1n) is 11.2.